The number of rotatable bonds is 11. The lowest BCUT2D eigenvalue weighted by Gasteiger charge is -2.58. The molecule has 8 N–H and O–H groups in total. The molecular weight excluding hydrogens is 592 g/mol. The van der Waals surface area contributed by atoms with E-state index in [0.29, 0.717) is 12.8 Å². The molecule has 2 heterocycles. The van der Waals surface area contributed by atoms with Crippen molar-refractivity contribution < 1.29 is 64.6 Å². The number of hydrogen-bond donors (Lipinski definition) is 8. The maximum absolute atomic E-state index is 13.8. The number of hydrogen-bond acceptors (Lipinski definition) is 13. The first-order chi connectivity index (χ1) is 21.2. The number of carbonyl (C=O) groups is 1. The second kappa shape index (κ2) is 14.9. The molecule has 0 aromatic rings. The lowest BCUT2D eigenvalue weighted by atomic mass is 9.46. The van der Waals surface area contributed by atoms with Crippen molar-refractivity contribution in [2.45, 2.75) is 134 Å². The topological polar surface area (TPSA) is 216 Å². The first kappa shape index (κ1) is 36.6. The van der Waals surface area contributed by atoms with E-state index in [1.165, 1.54) is 0 Å². The van der Waals surface area contributed by atoms with Crippen LogP contribution in [0.1, 0.15) is 72.1 Å². The fourth-order valence-electron chi connectivity index (χ4n) is 8.32. The highest BCUT2D eigenvalue weighted by Gasteiger charge is 2.59. The predicted molar refractivity (Wildman–Crippen MR) is 158 cm³/mol. The first-order valence-corrected chi connectivity index (χ1v) is 16.3. The minimum Gasteiger partial charge on any atom is -0.432 e. The van der Waals surface area contributed by atoms with Gasteiger partial charge in [0.25, 0.3) is 0 Å². The van der Waals surface area contributed by atoms with Gasteiger partial charge in [-0.15, -0.1) is 0 Å². The van der Waals surface area contributed by atoms with Gasteiger partial charge in [0.15, 0.2) is 6.29 Å². The van der Waals surface area contributed by atoms with E-state index in [-0.39, 0.29) is 29.8 Å². The number of esters is 1. The van der Waals surface area contributed by atoms with E-state index in [2.05, 4.69) is 20.4 Å². The maximum atomic E-state index is 13.8. The van der Waals surface area contributed by atoms with Crippen molar-refractivity contribution in [1.29, 1.82) is 0 Å². The van der Waals surface area contributed by atoms with Gasteiger partial charge in [-0.3, -0.25) is 4.79 Å². The summed E-state index contributed by atoms with van der Waals surface area (Å²) in [4.78, 5) is 13.8. The molecule has 0 radical (unpaired) electrons. The quantitative estimate of drug-likeness (QED) is 0.107. The summed E-state index contributed by atoms with van der Waals surface area (Å²) in [5, 5.41) is 79.9. The first-order valence-electron chi connectivity index (χ1n) is 16.3. The van der Waals surface area contributed by atoms with Crippen molar-refractivity contribution in [2.75, 3.05) is 19.8 Å². The van der Waals surface area contributed by atoms with Crippen LogP contribution in [0.15, 0.2) is 12.2 Å². The molecular formula is C32H54O13. The minimum absolute atomic E-state index is 0.0311. The Bertz CT molecular complexity index is 1010. The van der Waals surface area contributed by atoms with Gasteiger partial charge in [-0.2, -0.15) is 0 Å². The van der Waals surface area contributed by atoms with E-state index in [1.54, 1.807) is 0 Å². The molecule has 4 rings (SSSR count). The van der Waals surface area contributed by atoms with Crippen LogP contribution in [0.25, 0.3) is 0 Å². The van der Waals surface area contributed by atoms with Gasteiger partial charge in [0.05, 0.1) is 25.2 Å². The van der Waals surface area contributed by atoms with Gasteiger partial charge in [0, 0.05) is 0 Å². The van der Waals surface area contributed by atoms with Crippen LogP contribution in [-0.4, -0.2) is 128 Å². The Morgan fingerprint density at radius 2 is 1.47 bits per heavy atom. The van der Waals surface area contributed by atoms with Crippen LogP contribution in [0, 0.1) is 28.6 Å². The zero-order chi connectivity index (χ0) is 33.3. The summed E-state index contributed by atoms with van der Waals surface area (Å²) in [6, 6.07) is 0. The molecule has 260 valence electrons. The van der Waals surface area contributed by atoms with E-state index in [9.17, 15) is 45.6 Å². The molecule has 0 bridgehead atoms. The van der Waals surface area contributed by atoms with Crippen LogP contribution in [0.2, 0.25) is 0 Å². The largest absolute Gasteiger partial charge is 0.432 e. The normalized spacial score (nSPS) is 46.3. The second-order valence-corrected chi connectivity index (χ2v) is 14.2. The third kappa shape index (κ3) is 7.29. The lowest BCUT2D eigenvalue weighted by Crippen LogP contribution is -2.61. The Hall–Kier alpha value is -1.23. The second-order valence-electron chi connectivity index (χ2n) is 14.2. The highest BCUT2D eigenvalue weighted by Crippen LogP contribution is 2.62. The van der Waals surface area contributed by atoms with Crippen LogP contribution in [0.4, 0.5) is 0 Å². The van der Waals surface area contributed by atoms with E-state index < -0.39 is 86.0 Å². The molecule has 45 heavy (non-hydrogen) atoms. The van der Waals surface area contributed by atoms with E-state index in [4.69, 9.17) is 18.9 Å². The molecule has 13 nitrogen and oxygen atoms in total. The third-order valence-electron chi connectivity index (χ3n) is 11.2. The number of aliphatic hydroxyl groups is 8. The van der Waals surface area contributed by atoms with E-state index >= 15 is 0 Å². The van der Waals surface area contributed by atoms with E-state index in [1.807, 2.05) is 6.92 Å². The molecule has 0 amide bonds. The zero-order valence-corrected chi connectivity index (χ0v) is 26.6. The van der Waals surface area contributed by atoms with Crippen molar-refractivity contribution in [3.8, 4) is 0 Å². The summed E-state index contributed by atoms with van der Waals surface area (Å²) in [5.74, 6) is -0.174. The average Bonchev–Trinajstić information content (AvgIpc) is 3.00. The molecule has 0 unspecified atom stereocenters. The SMILES string of the molecule is C=C1CC[C@@H]2[C@](C)(CCC[C@]2(C)C(=O)O[C@@H]2O[C@H](CO)[C@@H](O)[C@H](O)[C@H]2O)[C@H]1CC[C@H](C)CCO[C@@H]1O[C@H](CO)[C@@H](O)[C@H](O)[C@H]1O. The number of ether oxygens (including phenoxy) is 4. The van der Waals surface area contributed by atoms with Gasteiger partial charge in [-0.1, -0.05) is 38.8 Å². The van der Waals surface area contributed by atoms with Crippen LogP contribution < -0.4 is 0 Å². The van der Waals surface area contributed by atoms with Crippen molar-refractivity contribution in [1.82, 2.24) is 0 Å². The fourth-order valence-corrected chi connectivity index (χ4v) is 8.32. The number of allylic oxidation sites excluding steroid dienone is 1. The summed E-state index contributed by atoms with van der Waals surface area (Å²) in [6.07, 6.45) is -7.87. The maximum Gasteiger partial charge on any atom is 0.314 e. The van der Waals surface area contributed by atoms with Gasteiger partial charge in [-0.05, 0) is 68.6 Å². The highest BCUT2D eigenvalue weighted by molar-refractivity contribution is 5.77. The molecule has 0 spiro atoms. The van der Waals surface area contributed by atoms with Crippen LogP contribution in [-0.2, 0) is 23.7 Å². The summed E-state index contributed by atoms with van der Waals surface area (Å²) in [6.45, 7) is 9.76. The standard InChI is InChI=1S/C32H54O13/c1-16(10-13-42-28-26(39)24(37)22(35)19(14-33)43-28)6-8-18-17(2)7-9-21-31(18,3)11-5-12-32(21,4)30(41)45-29-27(40)25(38)23(36)20(15-34)44-29/h16,18-29,33-40H,2,5-15H2,1,3-4H3/t16-,18-,19+,20+,21+,22+,23+,24-,25-,26+,27+,28+,29-,31+,32-/m0/s1. The fraction of sp³-hybridized carbons (Fsp3) is 0.906. The molecule has 13 heteroatoms. The summed E-state index contributed by atoms with van der Waals surface area (Å²) in [7, 11) is 0. The molecule has 2 aliphatic heterocycles. The number of fused-ring (bicyclic) bond motifs is 1. The molecule has 4 aliphatic rings. The lowest BCUT2D eigenvalue weighted by molar-refractivity contribution is -0.301. The zero-order valence-electron chi connectivity index (χ0n) is 26.6. The van der Waals surface area contributed by atoms with Gasteiger partial charge in [0.2, 0.25) is 6.29 Å². The summed E-state index contributed by atoms with van der Waals surface area (Å²) >= 11 is 0. The Morgan fingerprint density at radius 1 is 0.889 bits per heavy atom. The molecule has 2 aliphatic carbocycles. The Kier molecular flexibility index (Phi) is 12.1. The van der Waals surface area contributed by atoms with Crippen LogP contribution in [0.3, 0.4) is 0 Å². The van der Waals surface area contributed by atoms with Crippen molar-refractivity contribution >= 4 is 5.97 Å². The molecule has 0 aromatic carbocycles. The van der Waals surface area contributed by atoms with E-state index in [0.717, 1.165) is 44.1 Å². The van der Waals surface area contributed by atoms with Crippen LogP contribution >= 0.6 is 0 Å². The van der Waals surface area contributed by atoms with Crippen molar-refractivity contribution in [3.63, 3.8) is 0 Å². The number of aliphatic hydroxyl groups excluding tert-OH is 8. The monoisotopic (exact) mass is 646 g/mol. The Labute approximate surface area is 264 Å². The highest BCUT2D eigenvalue weighted by atomic mass is 16.7. The number of carbonyl (C=O) groups excluding carboxylic acids is 1. The minimum atomic E-state index is -1.66. The van der Waals surface area contributed by atoms with Crippen LogP contribution in [0.5, 0.6) is 0 Å². The summed E-state index contributed by atoms with van der Waals surface area (Å²) in [5.41, 5.74) is 0.0453. The average molecular weight is 647 g/mol. The molecule has 2 saturated heterocycles. The summed E-state index contributed by atoms with van der Waals surface area (Å²) < 4.78 is 22.3. The molecule has 15 atom stereocenters. The Morgan fingerprint density at radius 3 is 2.07 bits per heavy atom. The van der Waals surface area contributed by atoms with Crippen molar-refractivity contribution in [2.24, 2.45) is 28.6 Å². The third-order valence-corrected chi connectivity index (χ3v) is 11.2. The van der Waals surface area contributed by atoms with Gasteiger partial charge >= 0.3 is 5.97 Å². The Balaban J connectivity index is 1.36. The molecule has 2 saturated carbocycles. The molecule has 0 aromatic heterocycles. The van der Waals surface area contributed by atoms with Crippen molar-refractivity contribution in [3.05, 3.63) is 12.2 Å². The van der Waals surface area contributed by atoms with Gasteiger partial charge in [0.1, 0.15) is 48.8 Å². The van der Waals surface area contributed by atoms with Gasteiger partial charge < -0.3 is 59.8 Å². The molecule has 4 fully saturated rings. The van der Waals surface area contributed by atoms with Gasteiger partial charge in [-0.25, -0.2) is 0 Å². The predicted octanol–water partition coefficient (Wildman–Crippen LogP) is -0.269. The smallest absolute Gasteiger partial charge is 0.314 e.